The Hall–Kier alpha value is -0.700. The average Bonchev–Trinajstić information content (AvgIpc) is 2.50. The number of hydrogen-bond acceptors (Lipinski definition) is 2. The summed E-state index contributed by atoms with van der Waals surface area (Å²) in [6.45, 7) is 2.34. The Morgan fingerprint density at radius 2 is 1.73 bits per heavy atom. The molecule has 1 heterocycles. The van der Waals surface area contributed by atoms with Gasteiger partial charge in [-0.2, -0.15) is 0 Å². The van der Waals surface area contributed by atoms with Crippen LogP contribution in [0.3, 0.4) is 0 Å². The van der Waals surface area contributed by atoms with Crippen molar-refractivity contribution in [2.45, 2.75) is 25.7 Å². The summed E-state index contributed by atoms with van der Waals surface area (Å²) in [6, 6.07) is 6.25. The second-order valence-electron chi connectivity index (χ2n) is 4.11. The summed E-state index contributed by atoms with van der Waals surface area (Å²) in [4.78, 5) is 2.44. The van der Waals surface area contributed by atoms with Gasteiger partial charge in [-0.1, -0.05) is 12.8 Å². The van der Waals surface area contributed by atoms with Gasteiger partial charge in [0, 0.05) is 28.9 Å². The molecule has 15 heavy (non-hydrogen) atoms. The normalized spacial score (nSPS) is 17.5. The molecular formula is C12H17BrN2. The van der Waals surface area contributed by atoms with Crippen LogP contribution in [0.4, 0.5) is 11.4 Å². The van der Waals surface area contributed by atoms with Gasteiger partial charge >= 0.3 is 0 Å². The SMILES string of the molecule is Nc1cc(N2CCCCCC2)ccc1Br. The van der Waals surface area contributed by atoms with Gasteiger partial charge in [-0.3, -0.25) is 0 Å². The molecule has 1 fully saturated rings. The van der Waals surface area contributed by atoms with Gasteiger partial charge in [0.25, 0.3) is 0 Å². The standard InChI is InChI=1S/C12H17BrN2/c13-11-6-5-10(9-12(11)14)15-7-3-1-2-4-8-15/h5-6,9H,1-4,7-8,14H2. The van der Waals surface area contributed by atoms with Gasteiger partial charge in [-0.15, -0.1) is 0 Å². The molecular weight excluding hydrogens is 252 g/mol. The third-order valence-corrected chi connectivity index (χ3v) is 3.67. The van der Waals surface area contributed by atoms with Crippen LogP contribution in [0.15, 0.2) is 22.7 Å². The second-order valence-corrected chi connectivity index (χ2v) is 4.96. The molecule has 1 aliphatic rings. The lowest BCUT2D eigenvalue weighted by atomic mass is 10.2. The first-order valence-electron chi connectivity index (χ1n) is 5.57. The summed E-state index contributed by atoms with van der Waals surface area (Å²) in [5, 5.41) is 0. The zero-order chi connectivity index (χ0) is 10.7. The Morgan fingerprint density at radius 1 is 1.07 bits per heavy atom. The highest BCUT2D eigenvalue weighted by atomic mass is 79.9. The van der Waals surface area contributed by atoms with Crippen LogP contribution in [0.1, 0.15) is 25.7 Å². The van der Waals surface area contributed by atoms with Crippen LogP contribution in [-0.4, -0.2) is 13.1 Å². The van der Waals surface area contributed by atoms with Crippen molar-refractivity contribution in [2.75, 3.05) is 23.7 Å². The molecule has 3 heteroatoms. The van der Waals surface area contributed by atoms with E-state index in [1.54, 1.807) is 0 Å². The fourth-order valence-electron chi connectivity index (χ4n) is 2.06. The Kier molecular flexibility index (Phi) is 3.52. The molecule has 0 radical (unpaired) electrons. The molecule has 2 nitrogen and oxygen atoms in total. The largest absolute Gasteiger partial charge is 0.398 e. The van der Waals surface area contributed by atoms with Crippen LogP contribution in [0, 0.1) is 0 Å². The Labute approximate surface area is 99.6 Å². The number of nitrogen functional groups attached to an aromatic ring is 1. The van der Waals surface area contributed by atoms with Gasteiger partial charge in [-0.05, 0) is 47.0 Å². The van der Waals surface area contributed by atoms with Crippen molar-refractivity contribution in [3.05, 3.63) is 22.7 Å². The molecule has 0 aliphatic carbocycles. The quantitative estimate of drug-likeness (QED) is 0.791. The van der Waals surface area contributed by atoms with E-state index >= 15 is 0 Å². The zero-order valence-electron chi connectivity index (χ0n) is 8.88. The van der Waals surface area contributed by atoms with Gasteiger partial charge in [0.2, 0.25) is 0 Å². The highest BCUT2D eigenvalue weighted by molar-refractivity contribution is 9.10. The van der Waals surface area contributed by atoms with Gasteiger partial charge in [0.15, 0.2) is 0 Å². The number of anilines is 2. The topological polar surface area (TPSA) is 29.3 Å². The van der Waals surface area contributed by atoms with Crippen molar-refractivity contribution in [2.24, 2.45) is 0 Å². The lowest BCUT2D eigenvalue weighted by molar-refractivity contribution is 0.726. The molecule has 0 bridgehead atoms. The molecule has 0 saturated carbocycles. The molecule has 0 aromatic heterocycles. The fourth-order valence-corrected chi connectivity index (χ4v) is 2.30. The molecule has 1 aliphatic heterocycles. The number of nitrogens with zero attached hydrogens (tertiary/aromatic N) is 1. The third kappa shape index (κ3) is 2.65. The van der Waals surface area contributed by atoms with E-state index < -0.39 is 0 Å². The monoisotopic (exact) mass is 268 g/mol. The summed E-state index contributed by atoms with van der Waals surface area (Å²) in [5.41, 5.74) is 7.98. The maximum Gasteiger partial charge on any atom is 0.0479 e. The smallest absolute Gasteiger partial charge is 0.0479 e. The van der Waals surface area contributed by atoms with Crippen molar-refractivity contribution >= 4 is 27.3 Å². The molecule has 82 valence electrons. The molecule has 2 rings (SSSR count). The summed E-state index contributed by atoms with van der Waals surface area (Å²) < 4.78 is 0.987. The van der Waals surface area contributed by atoms with Crippen LogP contribution in [-0.2, 0) is 0 Å². The molecule has 2 N–H and O–H groups in total. The number of benzene rings is 1. The summed E-state index contributed by atoms with van der Waals surface area (Å²) in [5.74, 6) is 0. The van der Waals surface area contributed by atoms with Crippen LogP contribution < -0.4 is 10.6 Å². The predicted molar refractivity (Wildman–Crippen MR) is 69.2 cm³/mol. The molecule has 1 saturated heterocycles. The van der Waals surface area contributed by atoms with E-state index in [0.717, 1.165) is 10.2 Å². The van der Waals surface area contributed by atoms with Gasteiger partial charge < -0.3 is 10.6 Å². The predicted octanol–water partition coefficient (Wildman–Crippen LogP) is 3.41. The van der Waals surface area contributed by atoms with Crippen LogP contribution >= 0.6 is 15.9 Å². The highest BCUT2D eigenvalue weighted by Gasteiger charge is 2.10. The Balaban J connectivity index is 2.16. The lowest BCUT2D eigenvalue weighted by Gasteiger charge is -2.23. The fraction of sp³-hybridized carbons (Fsp3) is 0.500. The summed E-state index contributed by atoms with van der Waals surface area (Å²) in [6.07, 6.45) is 5.33. The summed E-state index contributed by atoms with van der Waals surface area (Å²) >= 11 is 3.43. The van der Waals surface area contributed by atoms with Gasteiger partial charge in [-0.25, -0.2) is 0 Å². The lowest BCUT2D eigenvalue weighted by Crippen LogP contribution is -2.23. The second kappa shape index (κ2) is 4.88. The minimum Gasteiger partial charge on any atom is -0.398 e. The molecule has 0 spiro atoms. The van der Waals surface area contributed by atoms with Crippen LogP contribution in [0.2, 0.25) is 0 Å². The van der Waals surface area contributed by atoms with Gasteiger partial charge in [0.1, 0.15) is 0 Å². The first-order valence-corrected chi connectivity index (χ1v) is 6.36. The highest BCUT2D eigenvalue weighted by Crippen LogP contribution is 2.26. The van der Waals surface area contributed by atoms with E-state index in [4.69, 9.17) is 5.73 Å². The maximum atomic E-state index is 5.89. The van der Waals surface area contributed by atoms with E-state index in [2.05, 4.69) is 33.0 Å². The zero-order valence-corrected chi connectivity index (χ0v) is 10.5. The number of nitrogens with two attached hydrogens (primary N) is 1. The maximum absolute atomic E-state index is 5.89. The van der Waals surface area contributed by atoms with E-state index in [1.807, 2.05) is 6.07 Å². The Bertz CT molecular complexity index is 330. The molecule has 0 amide bonds. The van der Waals surface area contributed by atoms with E-state index in [1.165, 1.54) is 44.5 Å². The summed E-state index contributed by atoms with van der Waals surface area (Å²) in [7, 11) is 0. The molecule has 0 atom stereocenters. The number of rotatable bonds is 1. The van der Waals surface area contributed by atoms with Crippen molar-refractivity contribution in [1.29, 1.82) is 0 Å². The number of hydrogen-bond donors (Lipinski definition) is 1. The van der Waals surface area contributed by atoms with Crippen LogP contribution in [0.25, 0.3) is 0 Å². The minimum absolute atomic E-state index is 0.830. The van der Waals surface area contributed by atoms with Crippen molar-refractivity contribution in [3.63, 3.8) is 0 Å². The Morgan fingerprint density at radius 3 is 2.33 bits per heavy atom. The van der Waals surface area contributed by atoms with Gasteiger partial charge in [0.05, 0.1) is 0 Å². The first kappa shape index (κ1) is 10.8. The van der Waals surface area contributed by atoms with Crippen molar-refractivity contribution in [3.8, 4) is 0 Å². The average molecular weight is 269 g/mol. The number of halogens is 1. The van der Waals surface area contributed by atoms with E-state index in [-0.39, 0.29) is 0 Å². The minimum atomic E-state index is 0.830. The van der Waals surface area contributed by atoms with E-state index in [0.29, 0.717) is 0 Å². The molecule has 0 unspecified atom stereocenters. The van der Waals surface area contributed by atoms with E-state index in [9.17, 15) is 0 Å². The first-order chi connectivity index (χ1) is 7.27. The molecule has 1 aromatic rings. The van der Waals surface area contributed by atoms with Crippen molar-refractivity contribution in [1.82, 2.24) is 0 Å². The third-order valence-electron chi connectivity index (χ3n) is 2.95. The van der Waals surface area contributed by atoms with Crippen LogP contribution in [0.5, 0.6) is 0 Å². The molecule has 1 aromatic carbocycles. The van der Waals surface area contributed by atoms with Crippen molar-refractivity contribution < 1.29 is 0 Å².